The van der Waals surface area contributed by atoms with Gasteiger partial charge in [0.15, 0.2) is 0 Å². The van der Waals surface area contributed by atoms with Crippen LogP contribution in [0.1, 0.15) is 51.4 Å². The Hall–Kier alpha value is -0.830. The largest absolute Gasteiger partial charge is 0.313 e. The van der Waals surface area contributed by atoms with Gasteiger partial charge in [-0.2, -0.15) is 5.10 Å². The van der Waals surface area contributed by atoms with E-state index in [0.29, 0.717) is 6.04 Å². The van der Waals surface area contributed by atoms with E-state index in [1.165, 1.54) is 25.0 Å². The van der Waals surface area contributed by atoms with Crippen molar-refractivity contribution < 1.29 is 0 Å². The molecule has 3 heteroatoms. The molecule has 1 aliphatic carbocycles. The maximum absolute atomic E-state index is 4.57. The van der Waals surface area contributed by atoms with Crippen LogP contribution >= 0.6 is 0 Å². The van der Waals surface area contributed by atoms with Gasteiger partial charge in [-0.05, 0) is 57.6 Å². The SMILES string of the molecule is CCCNC(Cc1cc(C)nn1CC)C(C)C1CC1. The lowest BCUT2D eigenvalue weighted by molar-refractivity contribution is 0.333. The number of hydrogen-bond donors (Lipinski definition) is 1. The number of nitrogens with zero attached hydrogens (tertiary/aromatic N) is 2. The van der Waals surface area contributed by atoms with Crippen molar-refractivity contribution in [1.29, 1.82) is 0 Å². The predicted octanol–water partition coefficient (Wildman–Crippen LogP) is 3.17. The molecule has 0 bridgehead atoms. The number of aryl methyl sites for hydroxylation is 2. The van der Waals surface area contributed by atoms with Crippen molar-refractivity contribution >= 4 is 0 Å². The summed E-state index contributed by atoms with van der Waals surface area (Å²) < 4.78 is 2.16. The van der Waals surface area contributed by atoms with Crippen molar-refractivity contribution in [1.82, 2.24) is 15.1 Å². The predicted molar refractivity (Wildman–Crippen MR) is 80.3 cm³/mol. The van der Waals surface area contributed by atoms with Crippen LogP contribution in [-0.4, -0.2) is 22.4 Å². The molecule has 2 unspecified atom stereocenters. The Morgan fingerprint density at radius 1 is 1.42 bits per heavy atom. The molecule has 0 spiro atoms. The molecule has 1 fully saturated rings. The van der Waals surface area contributed by atoms with Crippen molar-refractivity contribution in [3.63, 3.8) is 0 Å². The van der Waals surface area contributed by atoms with Gasteiger partial charge >= 0.3 is 0 Å². The van der Waals surface area contributed by atoms with Gasteiger partial charge in [0.25, 0.3) is 0 Å². The zero-order valence-corrected chi connectivity index (χ0v) is 12.9. The molecule has 108 valence electrons. The summed E-state index contributed by atoms with van der Waals surface area (Å²) in [7, 11) is 0. The van der Waals surface area contributed by atoms with E-state index in [1.807, 2.05) is 0 Å². The van der Waals surface area contributed by atoms with Crippen LogP contribution in [0.3, 0.4) is 0 Å². The molecular weight excluding hydrogens is 234 g/mol. The molecule has 2 atom stereocenters. The Morgan fingerprint density at radius 2 is 2.16 bits per heavy atom. The normalized spacial score (nSPS) is 18.5. The number of nitrogens with one attached hydrogen (secondary N) is 1. The summed E-state index contributed by atoms with van der Waals surface area (Å²) in [6.45, 7) is 11.0. The second-order valence-corrected chi connectivity index (χ2v) is 6.05. The summed E-state index contributed by atoms with van der Waals surface area (Å²) in [6.07, 6.45) is 5.18. The first kappa shape index (κ1) is 14.6. The highest BCUT2D eigenvalue weighted by Crippen LogP contribution is 2.38. The molecule has 1 aromatic heterocycles. The van der Waals surface area contributed by atoms with Gasteiger partial charge in [-0.1, -0.05) is 13.8 Å². The maximum atomic E-state index is 4.57. The van der Waals surface area contributed by atoms with Crippen molar-refractivity contribution in [3.8, 4) is 0 Å². The Labute approximate surface area is 117 Å². The molecule has 0 aromatic carbocycles. The van der Waals surface area contributed by atoms with E-state index in [0.717, 1.165) is 37.0 Å². The van der Waals surface area contributed by atoms with Gasteiger partial charge in [0, 0.05) is 24.7 Å². The summed E-state index contributed by atoms with van der Waals surface area (Å²) >= 11 is 0. The van der Waals surface area contributed by atoms with Crippen LogP contribution in [-0.2, 0) is 13.0 Å². The fourth-order valence-corrected chi connectivity index (χ4v) is 2.99. The van der Waals surface area contributed by atoms with Crippen LogP contribution in [0.25, 0.3) is 0 Å². The highest BCUT2D eigenvalue weighted by Gasteiger charge is 2.33. The zero-order chi connectivity index (χ0) is 13.8. The quantitative estimate of drug-likeness (QED) is 0.781. The van der Waals surface area contributed by atoms with E-state index in [1.54, 1.807) is 0 Å². The van der Waals surface area contributed by atoms with Gasteiger partial charge in [0.05, 0.1) is 5.69 Å². The molecule has 3 nitrogen and oxygen atoms in total. The van der Waals surface area contributed by atoms with E-state index < -0.39 is 0 Å². The molecule has 0 amide bonds. The van der Waals surface area contributed by atoms with Crippen LogP contribution in [0.15, 0.2) is 6.07 Å². The third-order valence-electron chi connectivity index (χ3n) is 4.37. The summed E-state index contributed by atoms with van der Waals surface area (Å²) in [5.41, 5.74) is 2.53. The second-order valence-electron chi connectivity index (χ2n) is 6.05. The maximum Gasteiger partial charge on any atom is 0.0596 e. The van der Waals surface area contributed by atoms with Gasteiger partial charge in [-0.3, -0.25) is 4.68 Å². The summed E-state index contributed by atoms with van der Waals surface area (Å²) in [4.78, 5) is 0. The van der Waals surface area contributed by atoms with Crippen molar-refractivity contribution in [2.75, 3.05) is 6.54 Å². The van der Waals surface area contributed by atoms with Gasteiger partial charge in [0.1, 0.15) is 0 Å². The van der Waals surface area contributed by atoms with Crippen LogP contribution < -0.4 is 5.32 Å². The van der Waals surface area contributed by atoms with E-state index >= 15 is 0 Å². The third kappa shape index (κ3) is 3.82. The van der Waals surface area contributed by atoms with E-state index in [-0.39, 0.29) is 0 Å². The minimum Gasteiger partial charge on any atom is -0.313 e. The number of hydrogen-bond acceptors (Lipinski definition) is 2. The highest BCUT2D eigenvalue weighted by atomic mass is 15.3. The molecule has 0 radical (unpaired) electrons. The molecule has 1 N–H and O–H groups in total. The first-order valence-electron chi connectivity index (χ1n) is 7.92. The lowest BCUT2D eigenvalue weighted by atomic mass is 9.92. The lowest BCUT2D eigenvalue weighted by Crippen LogP contribution is -2.38. The van der Waals surface area contributed by atoms with Crippen LogP contribution in [0.4, 0.5) is 0 Å². The van der Waals surface area contributed by atoms with Crippen molar-refractivity contribution in [2.45, 2.75) is 66.0 Å². The number of aromatic nitrogens is 2. The third-order valence-corrected chi connectivity index (χ3v) is 4.37. The first-order chi connectivity index (χ1) is 9.15. The standard InChI is InChI=1S/C16H29N3/c1-5-9-17-16(13(4)14-7-8-14)11-15-10-12(3)18-19(15)6-2/h10,13-14,16-17H,5-9,11H2,1-4H3. The van der Waals surface area contributed by atoms with Gasteiger partial charge in [-0.15, -0.1) is 0 Å². The molecular formula is C16H29N3. The highest BCUT2D eigenvalue weighted by molar-refractivity contribution is 5.11. The molecule has 1 aliphatic rings. The Balaban J connectivity index is 2.04. The van der Waals surface area contributed by atoms with Gasteiger partial charge in [0.2, 0.25) is 0 Å². The van der Waals surface area contributed by atoms with Crippen LogP contribution in [0, 0.1) is 18.8 Å². The minimum absolute atomic E-state index is 0.605. The van der Waals surface area contributed by atoms with Crippen LogP contribution in [0.5, 0.6) is 0 Å². The number of rotatable bonds is 8. The minimum atomic E-state index is 0.605. The van der Waals surface area contributed by atoms with E-state index in [2.05, 4.69) is 48.9 Å². The zero-order valence-electron chi connectivity index (χ0n) is 12.9. The monoisotopic (exact) mass is 263 g/mol. The van der Waals surface area contributed by atoms with Crippen molar-refractivity contribution in [3.05, 3.63) is 17.5 Å². The fraction of sp³-hybridized carbons (Fsp3) is 0.812. The first-order valence-corrected chi connectivity index (χ1v) is 7.92. The Morgan fingerprint density at radius 3 is 2.74 bits per heavy atom. The van der Waals surface area contributed by atoms with E-state index in [9.17, 15) is 0 Å². The average molecular weight is 263 g/mol. The molecule has 1 aromatic rings. The fourth-order valence-electron chi connectivity index (χ4n) is 2.99. The summed E-state index contributed by atoms with van der Waals surface area (Å²) in [6, 6.07) is 2.86. The van der Waals surface area contributed by atoms with Crippen molar-refractivity contribution in [2.24, 2.45) is 11.8 Å². The second kappa shape index (κ2) is 6.56. The Kier molecular flexibility index (Phi) is 5.03. The molecule has 2 rings (SSSR count). The summed E-state index contributed by atoms with van der Waals surface area (Å²) in [5, 5.41) is 8.33. The molecule has 19 heavy (non-hydrogen) atoms. The van der Waals surface area contributed by atoms with Crippen LogP contribution in [0.2, 0.25) is 0 Å². The van der Waals surface area contributed by atoms with Gasteiger partial charge < -0.3 is 5.32 Å². The smallest absolute Gasteiger partial charge is 0.0596 e. The topological polar surface area (TPSA) is 29.9 Å². The molecule has 0 aliphatic heterocycles. The average Bonchev–Trinajstić information content (AvgIpc) is 3.18. The molecule has 0 saturated heterocycles. The molecule has 1 heterocycles. The van der Waals surface area contributed by atoms with Gasteiger partial charge in [-0.25, -0.2) is 0 Å². The lowest BCUT2D eigenvalue weighted by Gasteiger charge is -2.25. The summed E-state index contributed by atoms with van der Waals surface area (Å²) in [5.74, 6) is 1.74. The van der Waals surface area contributed by atoms with E-state index in [4.69, 9.17) is 0 Å². The molecule has 1 saturated carbocycles. The Bertz CT molecular complexity index is 393.